The zero-order valence-corrected chi connectivity index (χ0v) is 14.2. The van der Waals surface area contributed by atoms with E-state index in [2.05, 4.69) is 0 Å². The normalized spacial score (nSPS) is 12.0. The summed E-state index contributed by atoms with van der Waals surface area (Å²) in [6.45, 7) is 5.86. The number of carboxylic acid groups (broad SMARTS) is 1. The average Bonchev–Trinajstić information content (AvgIpc) is 2.47. The zero-order chi connectivity index (χ0) is 16.7. The van der Waals surface area contributed by atoms with Gasteiger partial charge in [0.25, 0.3) is 0 Å². The Morgan fingerprint density at radius 3 is 2.27 bits per heavy atom. The standard InChI is InChI=1S/C16H23NO4S/c1-11(2)17(10-9-15(18)19)16(20)12(3)22-14-7-5-13(21-4)6-8-14/h5-8,11-12H,9-10H2,1-4H3,(H,18,19). The molecule has 0 bridgehead atoms. The Morgan fingerprint density at radius 1 is 1.23 bits per heavy atom. The maximum atomic E-state index is 12.5. The summed E-state index contributed by atoms with van der Waals surface area (Å²) in [5.74, 6) is -0.167. The second-order valence-electron chi connectivity index (χ2n) is 5.20. The number of carbonyl (C=O) groups excluding carboxylic acids is 1. The minimum Gasteiger partial charge on any atom is -0.497 e. The van der Waals surface area contributed by atoms with Crippen molar-refractivity contribution in [2.75, 3.05) is 13.7 Å². The molecule has 6 heteroatoms. The molecule has 1 amide bonds. The molecule has 1 unspecified atom stereocenters. The fourth-order valence-corrected chi connectivity index (χ4v) is 2.92. The number of thioether (sulfide) groups is 1. The van der Waals surface area contributed by atoms with Gasteiger partial charge in [0.15, 0.2) is 0 Å². The minimum atomic E-state index is -0.895. The summed E-state index contributed by atoms with van der Waals surface area (Å²) in [6.07, 6.45) is -0.0379. The van der Waals surface area contributed by atoms with Gasteiger partial charge in [0.05, 0.1) is 18.8 Å². The van der Waals surface area contributed by atoms with E-state index in [4.69, 9.17) is 9.84 Å². The van der Waals surface area contributed by atoms with Crippen molar-refractivity contribution in [1.82, 2.24) is 4.90 Å². The molecule has 0 saturated heterocycles. The molecule has 1 aromatic rings. The Hall–Kier alpha value is -1.69. The fraction of sp³-hybridized carbons (Fsp3) is 0.500. The van der Waals surface area contributed by atoms with Crippen molar-refractivity contribution in [3.8, 4) is 5.75 Å². The Kier molecular flexibility index (Phi) is 7.24. The highest BCUT2D eigenvalue weighted by molar-refractivity contribution is 8.00. The molecule has 0 fully saturated rings. The van der Waals surface area contributed by atoms with Gasteiger partial charge in [0.1, 0.15) is 5.75 Å². The summed E-state index contributed by atoms with van der Waals surface area (Å²) in [5.41, 5.74) is 0. The van der Waals surface area contributed by atoms with Crippen LogP contribution in [-0.4, -0.2) is 46.8 Å². The van der Waals surface area contributed by atoms with Gasteiger partial charge in [-0.15, -0.1) is 11.8 Å². The molecular weight excluding hydrogens is 302 g/mol. The van der Waals surface area contributed by atoms with E-state index in [1.165, 1.54) is 11.8 Å². The highest BCUT2D eigenvalue weighted by atomic mass is 32.2. The van der Waals surface area contributed by atoms with Gasteiger partial charge in [0, 0.05) is 17.5 Å². The molecule has 0 aliphatic heterocycles. The van der Waals surface area contributed by atoms with E-state index in [0.29, 0.717) is 0 Å². The van der Waals surface area contributed by atoms with Crippen LogP contribution >= 0.6 is 11.8 Å². The Bertz CT molecular complexity index is 501. The Morgan fingerprint density at radius 2 is 1.82 bits per heavy atom. The number of amides is 1. The van der Waals surface area contributed by atoms with Gasteiger partial charge in [-0.2, -0.15) is 0 Å². The quantitative estimate of drug-likeness (QED) is 0.744. The third kappa shape index (κ3) is 5.60. The molecule has 0 saturated carbocycles. The summed E-state index contributed by atoms with van der Waals surface area (Å²) in [5, 5.41) is 8.52. The SMILES string of the molecule is COc1ccc(SC(C)C(=O)N(CCC(=O)O)C(C)C)cc1. The van der Waals surface area contributed by atoms with E-state index in [9.17, 15) is 9.59 Å². The third-order valence-electron chi connectivity index (χ3n) is 3.19. The minimum absolute atomic E-state index is 0.0224. The first kappa shape index (κ1) is 18.4. The smallest absolute Gasteiger partial charge is 0.305 e. The summed E-state index contributed by atoms with van der Waals surface area (Å²) in [4.78, 5) is 25.8. The Balaban J connectivity index is 2.69. The van der Waals surface area contributed by atoms with Gasteiger partial charge in [-0.1, -0.05) is 0 Å². The maximum Gasteiger partial charge on any atom is 0.305 e. The van der Waals surface area contributed by atoms with E-state index in [0.717, 1.165) is 10.6 Å². The second-order valence-corrected chi connectivity index (χ2v) is 6.62. The van der Waals surface area contributed by atoms with Crippen LogP contribution in [0.3, 0.4) is 0 Å². The number of hydrogen-bond acceptors (Lipinski definition) is 4. The van der Waals surface area contributed by atoms with Gasteiger partial charge < -0.3 is 14.7 Å². The lowest BCUT2D eigenvalue weighted by atomic mass is 10.2. The highest BCUT2D eigenvalue weighted by Crippen LogP contribution is 2.26. The lowest BCUT2D eigenvalue weighted by Gasteiger charge is -2.28. The van der Waals surface area contributed by atoms with E-state index in [1.807, 2.05) is 45.0 Å². The van der Waals surface area contributed by atoms with E-state index in [1.54, 1.807) is 12.0 Å². The number of carbonyl (C=O) groups is 2. The number of carboxylic acids is 1. The van der Waals surface area contributed by atoms with Crippen LogP contribution in [0.2, 0.25) is 0 Å². The van der Waals surface area contributed by atoms with E-state index in [-0.39, 0.29) is 30.2 Å². The summed E-state index contributed by atoms with van der Waals surface area (Å²) >= 11 is 1.46. The van der Waals surface area contributed by atoms with Crippen LogP contribution < -0.4 is 4.74 Å². The van der Waals surface area contributed by atoms with Crippen molar-refractivity contribution in [1.29, 1.82) is 0 Å². The molecule has 0 aliphatic rings. The third-order valence-corrected chi connectivity index (χ3v) is 4.29. The summed E-state index contributed by atoms with van der Waals surface area (Å²) in [7, 11) is 1.61. The van der Waals surface area contributed by atoms with Crippen LogP contribution in [0.15, 0.2) is 29.2 Å². The lowest BCUT2D eigenvalue weighted by molar-refractivity contribution is -0.138. The molecule has 22 heavy (non-hydrogen) atoms. The Labute approximate surface area is 135 Å². The molecular formula is C16H23NO4S. The molecule has 122 valence electrons. The number of methoxy groups -OCH3 is 1. The molecule has 1 aromatic carbocycles. The van der Waals surface area contributed by atoms with Crippen LogP contribution in [0, 0.1) is 0 Å². The molecule has 1 rings (SSSR count). The van der Waals surface area contributed by atoms with Crippen molar-refractivity contribution < 1.29 is 19.4 Å². The van der Waals surface area contributed by atoms with Gasteiger partial charge in [-0.25, -0.2) is 0 Å². The predicted molar refractivity (Wildman–Crippen MR) is 87.4 cm³/mol. The van der Waals surface area contributed by atoms with E-state index < -0.39 is 5.97 Å². The van der Waals surface area contributed by atoms with E-state index >= 15 is 0 Å². The van der Waals surface area contributed by atoms with Crippen LogP contribution in [0.4, 0.5) is 0 Å². The number of benzene rings is 1. The van der Waals surface area contributed by atoms with Crippen LogP contribution in [0.1, 0.15) is 27.2 Å². The number of ether oxygens (including phenoxy) is 1. The topological polar surface area (TPSA) is 66.8 Å². The summed E-state index contributed by atoms with van der Waals surface area (Å²) in [6, 6.07) is 7.49. The molecule has 1 atom stereocenters. The summed E-state index contributed by atoms with van der Waals surface area (Å²) < 4.78 is 5.11. The fourth-order valence-electron chi connectivity index (χ4n) is 1.98. The van der Waals surface area contributed by atoms with Gasteiger partial charge in [-0.05, 0) is 45.0 Å². The molecule has 0 heterocycles. The number of nitrogens with zero attached hydrogens (tertiary/aromatic N) is 1. The zero-order valence-electron chi connectivity index (χ0n) is 13.4. The first-order valence-electron chi connectivity index (χ1n) is 7.18. The maximum absolute atomic E-state index is 12.5. The van der Waals surface area contributed by atoms with Gasteiger partial charge >= 0.3 is 5.97 Å². The lowest BCUT2D eigenvalue weighted by Crippen LogP contribution is -2.42. The van der Waals surface area contributed by atoms with Crippen molar-refractivity contribution in [3.63, 3.8) is 0 Å². The second kappa shape index (κ2) is 8.68. The van der Waals surface area contributed by atoms with Gasteiger partial charge in [0.2, 0.25) is 5.91 Å². The van der Waals surface area contributed by atoms with Crippen molar-refractivity contribution in [2.45, 2.75) is 43.4 Å². The van der Waals surface area contributed by atoms with Gasteiger partial charge in [-0.3, -0.25) is 9.59 Å². The molecule has 0 spiro atoms. The van der Waals surface area contributed by atoms with Crippen molar-refractivity contribution in [3.05, 3.63) is 24.3 Å². The van der Waals surface area contributed by atoms with Crippen LogP contribution in [0.25, 0.3) is 0 Å². The number of hydrogen-bond donors (Lipinski definition) is 1. The molecule has 0 radical (unpaired) electrons. The first-order chi connectivity index (χ1) is 10.3. The largest absolute Gasteiger partial charge is 0.497 e. The monoisotopic (exact) mass is 325 g/mol. The van der Waals surface area contributed by atoms with Crippen LogP contribution in [0.5, 0.6) is 5.75 Å². The predicted octanol–water partition coefficient (Wildman–Crippen LogP) is 2.89. The highest BCUT2D eigenvalue weighted by Gasteiger charge is 2.24. The molecule has 0 aromatic heterocycles. The number of aliphatic carboxylic acids is 1. The molecule has 5 nitrogen and oxygen atoms in total. The van der Waals surface area contributed by atoms with Crippen molar-refractivity contribution in [2.24, 2.45) is 0 Å². The molecule has 0 aliphatic carbocycles. The molecule has 1 N–H and O–H groups in total. The van der Waals surface area contributed by atoms with Crippen molar-refractivity contribution >= 4 is 23.6 Å². The van der Waals surface area contributed by atoms with Crippen LogP contribution in [-0.2, 0) is 9.59 Å². The number of rotatable bonds is 8. The first-order valence-corrected chi connectivity index (χ1v) is 8.06. The average molecular weight is 325 g/mol.